The largest absolute Gasteiger partial charge is 0.496 e. The van der Waals surface area contributed by atoms with Gasteiger partial charge in [-0.25, -0.2) is 0 Å². The van der Waals surface area contributed by atoms with Gasteiger partial charge in [0.2, 0.25) is 5.60 Å². The Morgan fingerprint density at radius 3 is 2.54 bits per heavy atom. The fourth-order valence-corrected chi connectivity index (χ4v) is 8.92. The lowest BCUT2D eigenvalue weighted by atomic mass is 9.43. The van der Waals surface area contributed by atoms with Crippen molar-refractivity contribution in [2.24, 2.45) is 28.3 Å². The average molecular weight is 669 g/mol. The number of amides is 1. The molecule has 3 aliphatic carbocycles. The number of ether oxygens (including phenoxy) is 1. The highest BCUT2D eigenvalue weighted by Crippen LogP contribution is 2.65. The first kappa shape index (κ1) is 33.2. The number of oxime groups is 1. The molecule has 1 N–H and O–H groups in total. The molecule has 3 saturated carbocycles. The standard InChI is InChI=1S/C39H46BClN2O5/c1-24(2)17-35(40-46-34-20-28-19-33(37(28,3)4)38(34,5)47-40)42-36(44)39(22-25-11-8-7-9-12-25)23-31(43-48-39)27-14-10-13-26(18-27)30-21-29(41)15-16-32(30)45-6/h7-16,18,21,24,28,33-35H,17,19-20,22-23H2,1-6H3,(H,42,44)/t28-,33-,34+,35-,38-,39?/m0/s1. The van der Waals surface area contributed by atoms with Gasteiger partial charge in [0.25, 0.3) is 5.91 Å². The Morgan fingerprint density at radius 2 is 1.81 bits per heavy atom. The molecular weight excluding hydrogens is 623 g/mol. The molecule has 6 atom stereocenters. The van der Waals surface area contributed by atoms with Gasteiger partial charge in [-0.1, -0.05) is 93.0 Å². The first-order valence-corrected chi connectivity index (χ1v) is 17.7. The van der Waals surface area contributed by atoms with Crippen LogP contribution >= 0.6 is 11.6 Å². The summed E-state index contributed by atoms with van der Waals surface area (Å²) in [5.74, 6) is 1.59. The molecule has 3 aromatic rings. The van der Waals surface area contributed by atoms with Crippen LogP contribution in [0.4, 0.5) is 0 Å². The monoisotopic (exact) mass is 668 g/mol. The van der Waals surface area contributed by atoms with Gasteiger partial charge in [-0.05, 0) is 84.7 Å². The summed E-state index contributed by atoms with van der Waals surface area (Å²) in [6.45, 7) is 11.3. The summed E-state index contributed by atoms with van der Waals surface area (Å²) >= 11 is 6.36. The number of benzene rings is 3. The summed E-state index contributed by atoms with van der Waals surface area (Å²) in [6, 6.07) is 23.6. The summed E-state index contributed by atoms with van der Waals surface area (Å²) in [5.41, 5.74) is 3.02. The molecule has 9 heteroatoms. The zero-order valence-corrected chi connectivity index (χ0v) is 29.6. The van der Waals surface area contributed by atoms with Gasteiger partial charge in [0, 0.05) is 29.0 Å². The third-order valence-corrected chi connectivity index (χ3v) is 11.8. The van der Waals surface area contributed by atoms with Crippen LogP contribution in [-0.4, -0.2) is 49.1 Å². The van der Waals surface area contributed by atoms with Gasteiger partial charge in [0.15, 0.2) is 0 Å². The van der Waals surface area contributed by atoms with Gasteiger partial charge >= 0.3 is 7.12 Å². The minimum absolute atomic E-state index is 0.0344. The predicted molar refractivity (Wildman–Crippen MR) is 190 cm³/mol. The molecule has 1 unspecified atom stereocenters. The molecule has 5 aliphatic rings. The number of halogens is 1. The van der Waals surface area contributed by atoms with E-state index in [1.807, 2.05) is 72.8 Å². The van der Waals surface area contributed by atoms with E-state index in [0.717, 1.165) is 40.8 Å². The highest BCUT2D eigenvalue weighted by Gasteiger charge is 2.68. The van der Waals surface area contributed by atoms with Gasteiger partial charge in [0.1, 0.15) is 5.75 Å². The third kappa shape index (κ3) is 5.84. The zero-order chi connectivity index (χ0) is 33.8. The van der Waals surface area contributed by atoms with E-state index in [4.69, 9.17) is 30.5 Å². The van der Waals surface area contributed by atoms with Crippen molar-refractivity contribution < 1.29 is 23.7 Å². The Bertz CT molecular complexity index is 1720. The maximum absolute atomic E-state index is 14.6. The molecule has 1 amide bonds. The average Bonchev–Trinajstić information content (AvgIpc) is 3.66. The van der Waals surface area contributed by atoms with Crippen molar-refractivity contribution in [2.45, 2.75) is 90.0 Å². The van der Waals surface area contributed by atoms with Crippen LogP contribution in [0.25, 0.3) is 11.1 Å². The predicted octanol–water partition coefficient (Wildman–Crippen LogP) is 7.92. The highest BCUT2D eigenvalue weighted by molar-refractivity contribution is 6.48. The Kier molecular flexibility index (Phi) is 8.66. The molecule has 2 aliphatic heterocycles. The molecule has 48 heavy (non-hydrogen) atoms. The van der Waals surface area contributed by atoms with E-state index in [-0.39, 0.29) is 29.0 Å². The smallest absolute Gasteiger partial charge is 0.481 e. The van der Waals surface area contributed by atoms with Gasteiger partial charge in [0.05, 0.1) is 30.5 Å². The molecule has 8 rings (SSSR count). The van der Waals surface area contributed by atoms with Crippen LogP contribution in [0.1, 0.15) is 71.4 Å². The highest BCUT2D eigenvalue weighted by atomic mass is 35.5. The number of methoxy groups -OCH3 is 1. The van der Waals surface area contributed by atoms with Crippen LogP contribution in [0.2, 0.25) is 5.02 Å². The normalized spacial score (nSPS) is 29.0. The molecule has 0 aromatic heterocycles. The number of carbonyl (C=O) groups excluding carboxylic acids is 1. The summed E-state index contributed by atoms with van der Waals surface area (Å²) in [5, 5.41) is 8.58. The molecule has 4 fully saturated rings. The Morgan fingerprint density at radius 1 is 1.04 bits per heavy atom. The Balaban J connectivity index is 1.16. The fourth-order valence-electron chi connectivity index (χ4n) is 8.74. The maximum atomic E-state index is 14.6. The molecule has 0 spiro atoms. The lowest BCUT2D eigenvalue weighted by Crippen LogP contribution is -2.65. The van der Waals surface area contributed by atoms with E-state index < -0.39 is 12.7 Å². The number of hydrogen-bond acceptors (Lipinski definition) is 6. The summed E-state index contributed by atoms with van der Waals surface area (Å²) in [7, 11) is 1.12. The molecule has 1 saturated heterocycles. The van der Waals surface area contributed by atoms with Crippen molar-refractivity contribution in [3.8, 4) is 16.9 Å². The van der Waals surface area contributed by atoms with E-state index in [1.54, 1.807) is 7.11 Å². The van der Waals surface area contributed by atoms with Gasteiger partial charge in [-0.3, -0.25) is 4.79 Å². The second-order valence-corrected chi connectivity index (χ2v) is 15.9. The van der Waals surface area contributed by atoms with E-state index in [0.29, 0.717) is 41.3 Å². The first-order valence-electron chi connectivity index (χ1n) is 17.3. The van der Waals surface area contributed by atoms with Crippen LogP contribution in [0.3, 0.4) is 0 Å². The van der Waals surface area contributed by atoms with E-state index in [9.17, 15) is 4.79 Å². The summed E-state index contributed by atoms with van der Waals surface area (Å²) in [4.78, 5) is 20.9. The quantitative estimate of drug-likeness (QED) is 0.222. The first-order chi connectivity index (χ1) is 22.9. The SMILES string of the molecule is COc1ccc(Cl)cc1-c1cccc(C2=NOC(Cc3ccccc3)(C(=O)N[C@@H](CC(C)C)B3O[C@@H]4C[C@@H]5C[C@@H](C5(C)C)[C@]4(C)O3)C2)c1. The molecular formula is C39H46BClN2O5. The summed E-state index contributed by atoms with van der Waals surface area (Å²) in [6.07, 6.45) is 3.60. The Hall–Kier alpha value is -3.33. The number of nitrogens with one attached hydrogen (secondary N) is 1. The van der Waals surface area contributed by atoms with Gasteiger partial charge in [-0.15, -0.1) is 0 Å². The third-order valence-electron chi connectivity index (χ3n) is 11.5. The molecule has 0 radical (unpaired) electrons. The summed E-state index contributed by atoms with van der Waals surface area (Å²) < 4.78 is 19.2. The van der Waals surface area contributed by atoms with Crippen molar-refractivity contribution >= 4 is 30.3 Å². The molecule has 7 nitrogen and oxygen atoms in total. The number of carbonyl (C=O) groups is 1. The van der Waals surface area contributed by atoms with E-state index in [2.05, 4.69) is 45.1 Å². The number of hydrogen-bond donors (Lipinski definition) is 1. The van der Waals surface area contributed by atoms with Crippen molar-refractivity contribution in [1.82, 2.24) is 5.32 Å². The van der Waals surface area contributed by atoms with Crippen LogP contribution in [0.15, 0.2) is 78.0 Å². The van der Waals surface area contributed by atoms with Crippen LogP contribution < -0.4 is 10.1 Å². The van der Waals surface area contributed by atoms with Crippen molar-refractivity contribution in [1.29, 1.82) is 0 Å². The van der Waals surface area contributed by atoms with Crippen LogP contribution in [0, 0.1) is 23.2 Å². The lowest BCUT2D eigenvalue weighted by Gasteiger charge is -2.64. The zero-order valence-electron chi connectivity index (χ0n) is 28.8. The topological polar surface area (TPSA) is 78.4 Å². The lowest BCUT2D eigenvalue weighted by molar-refractivity contribution is -0.199. The van der Waals surface area contributed by atoms with Crippen molar-refractivity contribution in [2.75, 3.05) is 7.11 Å². The minimum Gasteiger partial charge on any atom is -0.496 e. The van der Waals surface area contributed by atoms with Crippen molar-refractivity contribution in [3.63, 3.8) is 0 Å². The Labute approximate surface area is 289 Å². The molecule has 2 heterocycles. The fraction of sp³-hybridized carbons (Fsp3) is 0.487. The van der Waals surface area contributed by atoms with Gasteiger partial charge < -0.3 is 24.2 Å². The maximum Gasteiger partial charge on any atom is 0.481 e. The molecule has 3 aromatic carbocycles. The molecule has 252 valence electrons. The van der Waals surface area contributed by atoms with Crippen LogP contribution in [-0.2, 0) is 25.4 Å². The van der Waals surface area contributed by atoms with Gasteiger partial charge in [-0.2, -0.15) is 0 Å². The second-order valence-electron chi connectivity index (χ2n) is 15.4. The number of rotatable bonds is 10. The van der Waals surface area contributed by atoms with E-state index in [1.165, 1.54) is 6.42 Å². The van der Waals surface area contributed by atoms with Crippen molar-refractivity contribution in [3.05, 3.63) is 88.9 Å². The van der Waals surface area contributed by atoms with Crippen LogP contribution in [0.5, 0.6) is 5.75 Å². The second kappa shape index (κ2) is 12.5. The van der Waals surface area contributed by atoms with E-state index >= 15 is 0 Å². The molecule has 2 bridgehead atoms. The number of nitrogens with zero attached hydrogens (tertiary/aromatic N) is 1. The minimum atomic E-state index is -1.24.